The SMILES string of the molecule is OCCn1c(-c2ccccc2Cl)nc2c1CCN(C1CCc3cccc(Cl)c3C1)C2. The Morgan fingerprint density at radius 3 is 2.70 bits per heavy atom. The zero-order valence-electron chi connectivity index (χ0n) is 16.8. The predicted molar refractivity (Wildman–Crippen MR) is 121 cm³/mol. The first-order valence-electron chi connectivity index (χ1n) is 10.6. The molecule has 2 aliphatic rings. The Kier molecular flexibility index (Phi) is 5.59. The van der Waals surface area contributed by atoms with Crippen LogP contribution in [0, 0.1) is 0 Å². The van der Waals surface area contributed by atoms with Gasteiger partial charge in [-0.15, -0.1) is 0 Å². The van der Waals surface area contributed by atoms with E-state index in [1.807, 2.05) is 30.3 Å². The molecule has 1 aliphatic carbocycles. The van der Waals surface area contributed by atoms with Crippen molar-refractivity contribution in [3.05, 3.63) is 75.0 Å². The van der Waals surface area contributed by atoms with E-state index in [1.165, 1.54) is 16.8 Å². The molecule has 0 spiro atoms. The second kappa shape index (κ2) is 8.35. The number of benzene rings is 2. The number of aliphatic hydroxyl groups is 1. The van der Waals surface area contributed by atoms with Gasteiger partial charge >= 0.3 is 0 Å². The molecule has 6 heteroatoms. The molecule has 5 rings (SSSR count). The molecule has 1 unspecified atom stereocenters. The lowest BCUT2D eigenvalue weighted by Crippen LogP contribution is -2.42. The van der Waals surface area contributed by atoms with Crippen LogP contribution in [-0.4, -0.2) is 38.8 Å². The smallest absolute Gasteiger partial charge is 0.142 e. The van der Waals surface area contributed by atoms with Gasteiger partial charge in [0, 0.05) is 48.4 Å². The van der Waals surface area contributed by atoms with E-state index in [9.17, 15) is 5.11 Å². The Labute approximate surface area is 187 Å². The largest absolute Gasteiger partial charge is 0.395 e. The number of halogens is 2. The first-order valence-corrected chi connectivity index (χ1v) is 11.4. The highest BCUT2D eigenvalue weighted by molar-refractivity contribution is 6.33. The van der Waals surface area contributed by atoms with Gasteiger partial charge in [-0.1, -0.05) is 47.5 Å². The van der Waals surface area contributed by atoms with Gasteiger partial charge in [-0.3, -0.25) is 4.90 Å². The van der Waals surface area contributed by atoms with E-state index in [0.717, 1.165) is 60.9 Å². The van der Waals surface area contributed by atoms with Gasteiger partial charge in [0.2, 0.25) is 0 Å². The van der Waals surface area contributed by atoms with Crippen molar-refractivity contribution in [1.29, 1.82) is 0 Å². The Bertz CT molecular complexity index is 1080. The Balaban J connectivity index is 1.44. The summed E-state index contributed by atoms with van der Waals surface area (Å²) < 4.78 is 2.15. The number of nitrogens with zero attached hydrogens (tertiary/aromatic N) is 3. The first-order chi connectivity index (χ1) is 14.7. The van der Waals surface area contributed by atoms with Crippen LogP contribution in [0.5, 0.6) is 0 Å². The number of hydrogen-bond acceptors (Lipinski definition) is 3. The van der Waals surface area contributed by atoms with E-state index in [1.54, 1.807) is 0 Å². The summed E-state index contributed by atoms with van der Waals surface area (Å²) in [5, 5.41) is 11.2. The van der Waals surface area contributed by atoms with Crippen LogP contribution >= 0.6 is 23.2 Å². The third-order valence-corrected chi connectivity index (χ3v) is 7.19. The summed E-state index contributed by atoms with van der Waals surface area (Å²) in [7, 11) is 0. The minimum atomic E-state index is 0.0852. The van der Waals surface area contributed by atoms with Gasteiger partial charge in [-0.2, -0.15) is 0 Å². The molecular formula is C24H25Cl2N3O. The van der Waals surface area contributed by atoms with Gasteiger partial charge < -0.3 is 9.67 Å². The van der Waals surface area contributed by atoms with E-state index in [4.69, 9.17) is 28.2 Å². The number of rotatable bonds is 4. The van der Waals surface area contributed by atoms with E-state index in [-0.39, 0.29) is 6.61 Å². The molecule has 0 radical (unpaired) electrons. The monoisotopic (exact) mass is 441 g/mol. The molecule has 0 saturated heterocycles. The zero-order valence-corrected chi connectivity index (χ0v) is 18.3. The minimum Gasteiger partial charge on any atom is -0.395 e. The summed E-state index contributed by atoms with van der Waals surface area (Å²) in [6, 6.07) is 14.6. The van der Waals surface area contributed by atoms with E-state index < -0.39 is 0 Å². The quantitative estimate of drug-likeness (QED) is 0.633. The molecule has 0 bridgehead atoms. The van der Waals surface area contributed by atoms with Crippen LogP contribution < -0.4 is 0 Å². The van der Waals surface area contributed by atoms with E-state index in [0.29, 0.717) is 17.6 Å². The van der Waals surface area contributed by atoms with Crippen molar-refractivity contribution in [1.82, 2.24) is 14.5 Å². The number of aliphatic hydroxyl groups excluding tert-OH is 1. The van der Waals surface area contributed by atoms with Gasteiger partial charge in [0.1, 0.15) is 5.82 Å². The number of fused-ring (bicyclic) bond motifs is 2. The highest BCUT2D eigenvalue weighted by Crippen LogP contribution is 2.34. The third kappa shape index (κ3) is 3.56. The molecule has 1 N–H and O–H groups in total. The van der Waals surface area contributed by atoms with Crippen molar-refractivity contribution in [3.8, 4) is 11.4 Å². The Hall–Kier alpha value is -1.85. The molecule has 0 amide bonds. The van der Waals surface area contributed by atoms with Crippen LogP contribution in [0.4, 0.5) is 0 Å². The number of aromatic nitrogens is 2. The molecule has 0 fully saturated rings. The average molecular weight is 442 g/mol. The van der Waals surface area contributed by atoms with E-state index >= 15 is 0 Å². The minimum absolute atomic E-state index is 0.0852. The third-order valence-electron chi connectivity index (χ3n) is 6.50. The molecular weight excluding hydrogens is 417 g/mol. The normalized spacial score (nSPS) is 18.8. The fourth-order valence-corrected chi connectivity index (χ4v) is 5.49. The summed E-state index contributed by atoms with van der Waals surface area (Å²) in [5.74, 6) is 0.860. The van der Waals surface area contributed by atoms with Crippen LogP contribution in [-0.2, 0) is 32.4 Å². The van der Waals surface area contributed by atoms with Gasteiger partial charge in [0.25, 0.3) is 0 Å². The zero-order chi connectivity index (χ0) is 20.7. The average Bonchev–Trinajstić information content (AvgIpc) is 3.12. The maximum Gasteiger partial charge on any atom is 0.142 e. The number of aryl methyl sites for hydroxylation is 1. The lowest BCUT2D eigenvalue weighted by molar-refractivity contribution is 0.159. The molecule has 1 aromatic heterocycles. The fourth-order valence-electron chi connectivity index (χ4n) is 5.00. The standard InChI is InChI=1S/C24H25Cl2N3O/c25-20-6-2-1-5-18(20)24-27-22-15-28(11-10-23(22)29(24)12-13-30)17-9-8-16-4-3-7-21(26)19(16)14-17/h1-7,17,30H,8-15H2. The molecule has 1 aliphatic heterocycles. The van der Waals surface area contributed by atoms with Crippen LogP contribution in [0.1, 0.15) is 28.9 Å². The molecule has 30 heavy (non-hydrogen) atoms. The second-order valence-corrected chi connectivity index (χ2v) is 8.99. The van der Waals surface area contributed by atoms with Gasteiger partial charge in [0.15, 0.2) is 0 Å². The lowest BCUT2D eigenvalue weighted by atomic mass is 9.87. The maximum absolute atomic E-state index is 9.65. The van der Waals surface area contributed by atoms with Crippen molar-refractivity contribution in [3.63, 3.8) is 0 Å². The first kappa shape index (κ1) is 20.1. The maximum atomic E-state index is 9.65. The molecule has 4 nitrogen and oxygen atoms in total. The predicted octanol–water partition coefficient (Wildman–Crippen LogP) is 4.76. The summed E-state index contributed by atoms with van der Waals surface area (Å²) in [5.41, 5.74) is 5.96. The van der Waals surface area contributed by atoms with Gasteiger partial charge in [0.05, 0.1) is 17.3 Å². The number of imidazole rings is 1. The van der Waals surface area contributed by atoms with Crippen LogP contribution in [0.3, 0.4) is 0 Å². The van der Waals surface area contributed by atoms with Crippen LogP contribution in [0.15, 0.2) is 42.5 Å². The van der Waals surface area contributed by atoms with Crippen molar-refractivity contribution in [2.75, 3.05) is 13.2 Å². The van der Waals surface area contributed by atoms with Crippen molar-refractivity contribution < 1.29 is 5.11 Å². The topological polar surface area (TPSA) is 41.3 Å². The molecule has 0 saturated carbocycles. The van der Waals surface area contributed by atoms with Crippen LogP contribution in [0.2, 0.25) is 10.0 Å². The summed E-state index contributed by atoms with van der Waals surface area (Å²) in [6.07, 6.45) is 4.16. The van der Waals surface area contributed by atoms with Crippen LogP contribution in [0.25, 0.3) is 11.4 Å². The highest BCUT2D eigenvalue weighted by Gasteiger charge is 2.31. The number of hydrogen-bond donors (Lipinski definition) is 1. The summed E-state index contributed by atoms with van der Waals surface area (Å²) in [4.78, 5) is 7.56. The van der Waals surface area contributed by atoms with Crippen molar-refractivity contribution in [2.45, 2.75) is 44.8 Å². The fraction of sp³-hybridized carbons (Fsp3) is 0.375. The van der Waals surface area contributed by atoms with Crippen molar-refractivity contribution in [2.24, 2.45) is 0 Å². The summed E-state index contributed by atoms with van der Waals surface area (Å²) in [6.45, 7) is 2.45. The van der Waals surface area contributed by atoms with Crippen molar-refractivity contribution >= 4 is 23.2 Å². The molecule has 3 aromatic rings. The molecule has 1 atom stereocenters. The highest BCUT2D eigenvalue weighted by atomic mass is 35.5. The molecule has 156 valence electrons. The molecule has 2 aromatic carbocycles. The van der Waals surface area contributed by atoms with Gasteiger partial charge in [-0.25, -0.2) is 4.98 Å². The summed E-state index contributed by atoms with van der Waals surface area (Å²) >= 11 is 13.0. The Morgan fingerprint density at radius 1 is 1.03 bits per heavy atom. The lowest BCUT2D eigenvalue weighted by Gasteiger charge is -2.37. The molecule has 2 heterocycles. The van der Waals surface area contributed by atoms with E-state index in [2.05, 4.69) is 21.6 Å². The second-order valence-electron chi connectivity index (χ2n) is 8.18. The van der Waals surface area contributed by atoms with Gasteiger partial charge in [-0.05, 0) is 48.6 Å². The Morgan fingerprint density at radius 2 is 1.87 bits per heavy atom.